The monoisotopic (exact) mass is 244 g/mol. The summed E-state index contributed by atoms with van der Waals surface area (Å²) in [5.74, 6) is 0.698. The van der Waals surface area contributed by atoms with Gasteiger partial charge in [0.15, 0.2) is 5.75 Å². The van der Waals surface area contributed by atoms with E-state index >= 15 is 0 Å². The van der Waals surface area contributed by atoms with Crippen LogP contribution in [0.15, 0.2) is 24.5 Å². The van der Waals surface area contributed by atoms with Crippen LogP contribution in [0.1, 0.15) is 23.9 Å². The fourth-order valence-corrected chi connectivity index (χ4v) is 1.54. The molecule has 0 fully saturated rings. The average Bonchev–Trinajstić information content (AvgIpc) is 2.41. The summed E-state index contributed by atoms with van der Waals surface area (Å²) in [7, 11) is 0. The minimum Gasteiger partial charge on any atom is -0.422 e. The van der Waals surface area contributed by atoms with E-state index in [9.17, 15) is 0 Å². The molecule has 0 radical (unpaired) electrons. The van der Waals surface area contributed by atoms with Gasteiger partial charge in [-0.2, -0.15) is 0 Å². The van der Waals surface area contributed by atoms with Gasteiger partial charge in [-0.25, -0.2) is 9.97 Å². The molecular formula is C13H16N4O. The zero-order valence-corrected chi connectivity index (χ0v) is 10.6. The van der Waals surface area contributed by atoms with Crippen molar-refractivity contribution in [2.75, 3.05) is 0 Å². The summed E-state index contributed by atoms with van der Waals surface area (Å²) in [4.78, 5) is 12.6. The number of pyridine rings is 1. The molecule has 0 saturated carbocycles. The smallest absolute Gasteiger partial charge is 0.321 e. The molecule has 0 atom stereocenters. The molecule has 0 aliphatic carbocycles. The van der Waals surface area contributed by atoms with Crippen LogP contribution in [0.4, 0.5) is 0 Å². The lowest BCUT2D eigenvalue weighted by Gasteiger charge is -2.08. The third-order valence-electron chi connectivity index (χ3n) is 2.53. The van der Waals surface area contributed by atoms with Crippen LogP contribution in [0.2, 0.25) is 0 Å². The number of aryl methyl sites for hydroxylation is 2. The highest BCUT2D eigenvalue weighted by atomic mass is 16.5. The molecule has 0 saturated heterocycles. The topological polar surface area (TPSA) is 73.9 Å². The fraction of sp³-hybridized carbons (Fsp3) is 0.308. The van der Waals surface area contributed by atoms with E-state index in [1.54, 1.807) is 12.4 Å². The molecule has 2 N–H and O–H groups in total. The van der Waals surface area contributed by atoms with Crippen molar-refractivity contribution in [2.45, 2.75) is 26.8 Å². The van der Waals surface area contributed by atoms with Crippen LogP contribution in [0.5, 0.6) is 11.8 Å². The van der Waals surface area contributed by atoms with E-state index in [0.717, 1.165) is 23.4 Å². The average molecular weight is 244 g/mol. The van der Waals surface area contributed by atoms with Crippen LogP contribution in [-0.2, 0) is 13.0 Å². The third kappa shape index (κ3) is 2.81. The molecule has 0 amide bonds. The SMILES string of the molecule is CCc1nc(C)ccc1Oc1ncc(CN)cn1. The van der Waals surface area contributed by atoms with Crippen LogP contribution < -0.4 is 10.5 Å². The van der Waals surface area contributed by atoms with Crippen LogP contribution in [0.3, 0.4) is 0 Å². The molecule has 0 aliphatic heterocycles. The maximum absolute atomic E-state index is 5.63. The van der Waals surface area contributed by atoms with Gasteiger partial charge in [0.25, 0.3) is 0 Å². The van der Waals surface area contributed by atoms with Crippen molar-refractivity contribution in [1.82, 2.24) is 15.0 Å². The first-order chi connectivity index (χ1) is 8.72. The van der Waals surface area contributed by atoms with Gasteiger partial charge >= 0.3 is 6.01 Å². The summed E-state index contributed by atoms with van der Waals surface area (Å²) in [5.41, 5.74) is 8.23. The van der Waals surface area contributed by atoms with Crippen LogP contribution in [0.25, 0.3) is 0 Å². The molecule has 2 aromatic rings. The molecule has 0 spiro atoms. The summed E-state index contributed by atoms with van der Waals surface area (Å²) in [6.07, 6.45) is 4.13. The highest BCUT2D eigenvalue weighted by Gasteiger charge is 2.07. The van der Waals surface area contributed by atoms with E-state index < -0.39 is 0 Å². The maximum atomic E-state index is 5.63. The van der Waals surface area contributed by atoms with Crippen molar-refractivity contribution < 1.29 is 4.74 Å². The second-order valence-electron chi connectivity index (χ2n) is 3.93. The summed E-state index contributed by atoms with van der Waals surface area (Å²) in [5, 5.41) is 0. The predicted octanol–water partition coefficient (Wildman–Crippen LogP) is 1.99. The largest absolute Gasteiger partial charge is 0.422 e. The number of aromatic nitrogens is 3. The molecule has 2 aromatic heterocycles. The summed E-state index contributed by atoms with van der Waals surface area (Å²) >= 11 is 0. The van der Waals surface area contributed by atoms with Crippen LogP contribution in [-0.4, -0.2) is 15.0 Å². The third-order valence-corrected chi connectivity index (χ3v) is 2.53. The summed E-state index contributed by atoms with van der Waals surface area (Å²) in [6.45, 7) is 4.41. The predicted molar refractivity (Wildman–Crippen MR) is 68.3 cm³/mol. The number of hydrogen-bond donors (Lipinski definition) is 1. The highest BCUT2D eigenvalue weighted by molar-refractivity contribution is 5.31. The standard InChI is InChI=1S/C13H16N4O/c1-3-11-12(5-4-9(2)17-11)18-13-15-7-10(6-14)8-16-13/h4-5,7-8H,3,6,14H2,1-2H3. The number of nitrogens with two attached hydrogens (primary N) is 1. The molecule has 94 valence electrons. The molecule has 0 bridgehead atoms. The first-order valence-electron chi connectivity index (χ1n) is 5.88. The lowest BCUT2D eigenvalue weighted by molar-refractivity contribution is 0.433. The van der Waals surface area contributed by atoms with Gasteiger partial charge in [-0.05, 0) is 25.5 Å². The van der Waals surface area contributed by atoms with Crippen molar-refractivity contribution >= 4 is 0 Å². The van der Waals surface area contributed by atoms with Crippen molar-refractivity contribution in [3.63, 3.8) is 0 Å². The number of ether oxygens (including phenoxy) is 1. The zero-order valence-electron chi connectivity index (χ0n) is 10.6. The van der Waals surface area contributed by atoms with E-state index in [1.165, 1.54) is 0 Å². The molecule has 5 nitrogen and oxygen atoms in total. The Morgan fingerprint density at radius 3 is 2.56 bits per heavy atom. The van der Waals surface area contributed by atoms with Crippen LogP contribution in [0, 0.1) is 6.92 Å². The zero-order chi connectivity index (χ0) is 13.0. The number of nitrogens with zero attached hydrogens (tertiary/aromatic N) is 3. The second kappa shape index (κ2) is 5.55. The first-order valence-corrected chi connectivity index (χ1v) is 5.88. The lowest BCUT2D eigenvalue weighted by Crippen LogP contribution is -2.01. The summed E-state index contributed by atoms with van der Waals surface area (Å²) in [6, 6.07) is 4.11. The van der Waals surface area contributed by atoms with Gasteiger partial charge in [-0.3, -0.25) is 4.98 Å². The molecule has 0 unspecified atom stereocenters. The van der Waals surface area contributed by atoms with Gasteiger partial charge in [0.2, 0.25) is 0 Å². The van der Waals surface area contributed by atoms with E-state index in [0.29, 0.717) is 18.3 Å². The Kier molecular flexibility index (Phi) is 3.84. The minimum atomic E-state index is 0.313. The van der Waals surface area contributed by atoms with Gasteiger partial charge in [-0.1, -0.05) is 6.92 Å². The Hall–Kier alpha value is -2.01. The van der Waals surface area contributed by atoms with Gasteiger partial charge in [0, 0.05) is 30.2 Å². The van der Waals surface area contributed by atoms with Crippen molar-refractivity contribution in [3.05, 3.63) is 41.5 Å². The molecule has 0 aliphatic rings. The Morgan fingerprint density at radius 2 is 1.94 bits per heavy atom. The van der Waals surface area contributed by atoms with Gasteiger partial charge in [0.05, 0.1) is 5.69 Å². The van der Waals surface area contributed by atoms with Gasteiger partial charge in [-0.15, -0.1) is 0 Å². The van der Waals surface area contributed by atoms with E-state index in [2.05, 4.69) is 15.0 Å². The normalized spacial score (nSPS) is 10.4. The Balaban J connectivity index is 2.22. The van der Waals surface area contributed by atoms with Crippen molar-refractivity contribution in [2.24, 2.45) is 5.73 Å². The Bertz CT molecular complexity index is 525. The molecule has 18 heavy (non-hydrogen) atoms. The molecule has 5 heteroatoms. The quantitative estimate of drug-likeness (QED) is 0.890. The summed E-state index contributed by atoms with van der Waals surface area (Å²) < 4.78 is 5.63. The lowest BCUT2D eigenvalue weighted by atomic mass is 10.2. The Labute approximate surface area is 106 Å². The molecule has 2 rings (SSSR count). The highest BCUT2D eigenvalue weighted by Crippen LogP contribution is 2.22. The Morgan fingerprint density at radius 1 is 1.22 bits per heavy atom. The fourth-order valence-electron chi connectivity index (χ4n) is 1.54. The van der Waals surface area contributed by atoms with Crippen molar-refractivity contribution in [1.29, 1.82) is 0 Å². The number of hydrogen-bond acceptors (Lipinski definition) is 5. The van der Waals surface area contributed by atoms with E-state index in [1.807, 2.05) is 26.0 Å². The molecule has 2 heterocycles. The van der Waals surface area contributed by atoms with Gasteiger partial charge in [0.1, 0.15) is 0 Å². The molecule has 0 aromatic carbocycles. The van der Waals surface area contributed by atoms with E-state index in [4.69, 9.17) is 10.5 Å². The number of rotatable bonds is 4. The van der Waals surface area contributed by atoms with Crippen molar-refractivity contribution in [3.8, 4) is 11.8 Å². The van der Waals surface area contributed by atoms with Gasteiger partial charge < -0.3 is 10.5 Å². The minimum absolute atomic E-state index is 0.313. The van der Waals surface area contributed by atoms with Crippen LogP contribution >= 0.6 is 0 Å². The van der Waals surface area contributed by atoms with E-state index in [-0.39, 0.29) is 0 Å². The molecular weight excluding hydrogens is 228 g/mol. The second-order valence-corrected chi connectivity index (χ2v) is 3.93. The maximum Gasteiger partial charge on any atom is 0.321 e. The first kappa shape index (κ1) is 12.4.